The van der Waals surface area contributed by atoms with Crippen molar-refractivity contribution in [3.8, 4) is 5.75 Å². The molecule has 0 aliphatic heterocycles. The highest BCUT2D eigenvalue weighted by Crippen LogP contribution is 2.26. The first-order valence-electron chi connectivity index (χ1n) is 8.11. The van der Waals surface area contributed by atoms with Crippen molar-refractivity contribution in [1.82, 2.24) is 10.6 Å². The van der Waals surface area contributed by atoms with Gasteiger partial charge in [0.1, 0.15) is 5.75 Å². The highest BCUT2D eigenvalue weighted by molar-refractivity contribution is 6.30. The van der Waals surface area contributed by atoms with Gasteiger partial charge in [-0.05, 0) is 64.8 Å². The molecule has 1 atom stereocenters. The van der Waals surface area contributed by atoms with Crippen molar-refractivity contribution in [2.45, 2.75) is 53.2 Å². The van der Waals surface area contributed by atoms with E-state index in [0.717, 1.165) is 11.1 Å². The van der Waals surface area contributed by atoms with Crippen LogP contribution in [-0.2, 0) is 14.3 Å². The zero-order valence-electron chi connectivity index (χ0n) is 15.9. The summed E-state index contributed by atoms with van der Waals surface area (Å²) in [5.41, 5.74) is 1.08. The molecule has 0 aromatic heterocycles. The molecule has 144 valence electrons. The van der Waals surface area contributed by atoms with Crippen LogP contribution < -0.4 is 15.4 Å². The lowest BCUT2D eigenvalue weighted by Crippen LogP contribution is -2.50. The molecule has 0 aliphatic rings. The van der Waals surface area contributed by atoms with Crippen LogP contribution in [0.25, 0.3) is 0 Å². The number of rotatable bonds is 5. The van der Waals surface area contributed by atoms with Gasteiger partial charge < -0.3 is 14.8 Å². The van der Waals surface area contributed by atoms with Gasteiger partial charge in [-0.1, -0.05) is 11.6 Å². The summed E-state index contributed by atoms with van der Waals surface area (Å²) in [5.74, 6) is -0.912. The molecule has 0 aliphatic carbocycles. The molecule has 0 radical (unpaired) electrons. The number of hydrogen-bond donors (Lipinski definition) is 2. The van der Waals surface area contributed by atoms with E-state index in [0.29, 0.717) is 10.8 Å². The van der Waals surface area contributed by atoms with Crippen LogP contribution in [0.4, 0.5) is 4.79 Å². The Labute approximate surface area is 158 Å². The van der Waals surface area contributed by atoms with Crippen LogP contribution in [0.1, 0.15) is 38.8 Å². The van der Waals surface area contributed by atoms with E-state index < -0.39 is 29.6 Å². The Hall–Kier alpha value is -2.28. The van der Waals surface area contributed by atoms with Crippen molar-refractivity contribution in [2.75, 3.05) is 6.61 Å². The van der Waals surface area contributed by atoms with Crippen molar-refractivity contribution < 1.29 is 23.9 Å². The molecule has 2 N–H and O–H groups in total. The number of amides is 3. The molecule has 3 amide bonds. The second-order valence-electron chi connectivity index (χ2n) is 6.98. The minimum absolute atomic E-state index is 0.366. The van der Waals surface area contributed by atoms with Gasteiger partial charge in [-0.25, -0.2) is 9.59 Å². The maximum absolute atomic E-state index is 11.9. The predicted octanol–water partition coefficient (Wildman–Crippen LogP) is 2.89. The number of nitrogens with one attached hydrogen (secondary N) is 2. The summed E-state index contributed by atoms with van der Waals surface area (Å²) in [7, 11) is 0. The Kier molecular flexibility index (Phi) is 7.44. The maximum atomic E-state index is 11.9. The van der Waals surface area contributed by atoms with Crippen molar-refractivity contribution in [2.24, 2.45) is 0 Å². The van der Waals surface area contributed by atoms with Gasteiger partial charge in [-0.15, -0.1) is 0 Å². The second kappa shape index (κ2) is 8.89. The minimum Gasteiger partial charge on any atom is -0.481 e. The number of carbonyl (C=O) groups is 3. The second-order valence-corrected chi connectivity index (χ2v) is 7.42. The molecule has 0 saturated heterocycles. The van der Waals surface area contributed by atoms with Crippen LogP contribution in [0, 0.1) is 13.8 Å². The first kappa shape index (κ1) is 21.8. The fourth-order valence-electron chi connectivity index (χ4n) is 2.13. The fraction of sp³-hybridized carbons (Fsp3) is 0.500. The largest absolute Gasteiger partial charge is 0.481 e. The van der Waals surface area contributed by atoms with E-state index >= 15 is 0 Å². The third-order valence-corrected chi connectivity index (χ3v) is 3.38. The third-order valence-electron chi connectivity index (χ3n) is 3.16. The number of benzene rings is 1. The van der Waals surface area contributed by atoms with E-state index in [4.69, 9.17) is 21.1 Å². The molecule has 26 heavy (non-hydrogen) atoms. The third kappa shape index (κ3) is 7.31. The van der Waals surface area contributed by atoms with E-state index in [2.05, 4.69) is 10.6 Å². The SMILES string of the molecule is Cc1cc(Cl)cc(C)c1OCC(=O)O[C@@H](C)C(=O)NC(=O)NC(C)(C)C. The molecule has 0 heterocycles. The quantitative estimate of drug-likeness (QED) is 0.761. The van der Waals surface area contributed by atoms with Crippen LogP contribution in [0.5, 0.6) is 5.75 Å². The Morgan fingerprint density at radius 1 is 1.15 bits per heavy atom. The van der Waals surface area contributed by atoms with Gasteiger partial charge in [-0.2, -0.15) is 0 Å². The lowest BCUT2D eigenvalue weighted by molar-refractivity contribution is -0.156. The van der Waals surface area contributed by atoms with Gasteiger partial charge in [0.15, 0.2) is 12.7 Å². The number of aryl methyl sites for hydroxylation is 2. The number of ether oxygens (including phenoxy) is 2. The summed E-state index contributed by atoms with van der Waals surface area (Å²) < 4.78 is 10.5. The van der Waals surface area contributed by atoms with Crippen LogP contribution in [-0.4, -0.2) is 36.2 Å². The highest BCUT2D eigenvalue weighted by atomic mass is 35.5. The Morgan fingerprint density at radius 2 is 1.69 bits per heavy atom. The lowest BCUT2D eigenvalue weighted by Gasteiger charge is -2.21. The van der Waals surface area contributed by atoms with Crippen molar-refractivity contribution in [3.63, 3.8) is 0 Å². The summed E-state index contributed by atoms with van der Waals surface area (Å²) >= 11 is 5.95. The van der Waals surface area contributed by atoms with Gasteiger partial charge >= 0.3 is 12.0 Å². The molecule has 7 nitrogen and oxygen atoms in total. The molecule has 0 bridgehead atoms. The van der Waals surface area contributed by atoms with Gasteiger partial charge in [0.25, 0.3) is 5.91 Å². The molecule has 0 saturated carbocycles. The molecule has 1 aromatic carbocycles. The van der Waals surface area contributed by atoms with E-state index in [1.807, 2.05) is 13.8 Å². The summed E-state index contributed by atoms with van der Waals surface area (Å²) in [5, 5.41) is 5.27. The topological polar surface area (TPSA) is 93.7 Å². The van der Waals surface area contributed by atoms with Crippen molar-refractivity contribution in [3.05, 3.63) is 28.3 Å². The van der Waals surface area contributed by atoms with Crippen LogP contribution in [0.15, 0.2) is 12.1 Å². The highest BCUT2D eigenvalue weighted by Gasteiger charge is 2.22. The predicted molar refractivity (Wildman–Crippen MR) is 98.4 cm³/mol. The number of urea groups is 1. The molecular formula is C18H25ClN2O5. The van der Waals surface area contributed by atoms with Crippen molar-refractivity contribution in [1.29, 1.82) is 0 Å². The summed E-state index contributed by atoms with van der Waals surface area (Å²) in [6, 6.07) is 2.78. The Morgan fingerprint density at radius 3 is 2.19 bits per heavy atom. The average Bonchev–Trinajstić information content (AvgIpc) is 2.43. The Balaban J connectivity index is 2.52. The van der Waals surface area contributed by atoms with E-state index in [1.54, 1.807) is 32.9 Å². The standard InChI is InChI=1S/C18H25ClN2O5/c1-10-7-13(19)8-11(2)15(10)25-9-14(22)26-12(3)16(23)20-17(24)21-18(4,5)6/h7-8,12H,9H2,1-6H3,(H2,20,21,23,24)/t12-/m0/s1. The van der Waals surface area contributed by atoms with E-state index in [-0.39, 0.29) is 6.61 Å². The minimum atomic E-state index is -1.13. The van der Waals surface area contributed by atoms with Gasteiger partial charge in [0, 0.05) is 10.6 Å². The summed E-state index contributed by atoms with van der Waals surface area (Å²) in [6.07, 6.45) is -1.13. The number of carbonyl (C=O) groups excluding carboxylic acids is 3. The number of hydrogen-bond acceptors (Lipinski definition) is 5. The van der Waals surface area contributed by atoms with E-state index in [9.17, 15) is 14.4 Å². The molecule has 0 fully saturated rings. The number of imide groups is 1. The molecule has 0 unspecified atom stereocenters. The summed E-state index contributed by atoms with van der Waals surface area (Å²) in [4.78, 5) is 35.4. The monoisotopic (exact) mass is 384 g/mol. The normalized spacial score (nSPS) is 12.1. The van der Waals surface area contributed by atoms with Gasteiger partial charge in [0.2, 0.25) is 0 Å². The smallest absolute Gasteiger partial charge is 0.344 e. The first-order chi connectivity index (χ1) is 11.9. The number of halogens is 1. The van der Waals surface area contributed by atoms with Crippen LogP contribution in [0.2, 0.25) is 5.02 Å². The van der Waals surface area contributed by atoms with Crippen molar-refractivity contribution >= 4 is 29.5 Å². The molecule has 8 heteroatoms. The van der Waals surface area contributed by atoms with Gasteiger partial charge in [0.05, 0.1) is 0 Å². The van der Waals surface area contributed by atoms with Crippen LogP contribution in [0.3, 0.4) is 0 Å². The van der Waals surface area contributed by atoms with Gasteiger partial charge in [-0.3, -0.25) is 10.1 Å². The first-order valence-corrected chi connectivity index (χ1v) is 8.49. The molecule has 1 aromatic rings. The van der Waals surface area contributed by atoms with Crippen LogP contribution >= 0.6 is 11.6 Å². The molecular weight excluding hydrogens is 360 g/mol. The zero-order valence-corrected chi connectivity index (χ0v) is 16.6. The Bertz CT molecular complexity index is 674. The zero-order chi connectivity index (χ0) is 20.1. The number of esters is 1. The fourth-order valence-corrected chi connectivity index (χ4v) is 2.45. The lowest BCUT2D eigenvalue weighted by atomic mass is 10.1. The summed E-state index contributed by atoms with van der Waals surface area (Å²) in [6.45, 7) is 9.95. The molecule has 1 rings (SSSR count). The molecule has 0 spiro atoms. The average molecular weight is 385 g/mol. The maximum Gasteiger partial charge on any atom is 0.344 e. The van der Waals surface area contributed by atoms with E-state index in [1.165, 1.54) is 6.92 Å².